The van der Waals surface area contributed by atoms with E-state index in [-0.39, 0.29) is 10.9 Å². The van der Waals surface area contributed by atoms with Gasteiger partial charge in [-0.3, -0.25) is 0 Å². The standard InChI is InChI=1S/C12H16N2O3S/c1-9-4-6-11(7-5-9)18(16,17)14-10(2)8-13(3)12(14)15/h4-7,10H,8H2,1-3H3/t10-/m1/s1. The zero-order chi connectivity index (χ0) is 13.5. The zero-order valence-electron chi connectivity index (χ0n) is 10.6. The molecule has 0 aliphatic carbocycles. The molecular weight excluding hydrogens is 252 g/mol. The Balaban J connectivity index is 2.43. The lowest BCUT2D eigenvalue weighted by Gasteiger charge is -2.20. The first-order valence-corrected chi connectivity index (χ1v) is 7.14. The van der Waals surface area contributed by atoms with Crippen LogP contribution in [-0.4, -0.2) is 43.3 Å². The summed E-state index contributed by atoms with van der Waals surface area (Å²) in [7, 11) is -2.14. The number of sulfonamides is 1. The summed E-state index contributed by atoms with van der Waals surface area (Å²) >= 11 is 0. The zero-order valence-corrected chi connectivity index (χ0v) is 11.4. The minimum atomic E-state index is -3.74. The predicted molar refractivity (Wildman–Crippen MR) is 67.7 cm³/mol. The van der Waals surface area contributed by atoms with E-state index >= 15 is 0 Å². The topological polar surface area (TPSA) is 57.7 Å². The van der Waals surface area contributed by atoms with Crippen LogP contribution in [0, 0.1) is 6.92 Å². The number of likely N-dealkylation sites (N-methyl/N-ethyl adjacent to an activating group) is 1. The van der Waals surface area contributed by atoms with Crippen LogP contribution >= 0.6 is 0 Å². The molecular formula is C12H16N2O3S. The van der Waals surface area contributed by atoms with Gasteiger partial charge >= 0.3 is 6.03 Å². The Morgan fingerprint density at radius 1 is 1.22 bits per heavy atom. The molecule has 1 atom stereocenters. The summed E-state index contributed by atoms with van der Waals surface area (Å²) in [6.45, 7) is 4.03. The maximum atomic E-state index is 12.4. The number of benzene rings is 1. The number of hydrogen-bond donors (Lipinski definition) is 0. The van der Waals surface area contributed by atoms with Crippen LogP contribution in [0.15, 0.2) is 29.2 Å². The summed E-state index contributed by atoms with van der Waals surface area (Å²) in [6, 6.07) is 5.70. The lowest BCUT2D eigenvalue weighted by molar-refractivity contribution is 0.213. The highest BCUT2D eigenvalue weighted by atomic mass is 32.2. The van der Waals surface area contributed by atoms with Crippen molar-refractivity contribution in [3.05, 3.63) is 29.8 Å². The van der Waals surface area contributed by atoms with Crippen LogP contribution in [-0.2, 0) is 10.0 Å². The van der Waals surface area contributed by atoms with E-state index in [4.69, 9.17) is 0 Å². The molecule has 0 bridgehead atoms. The molecule has 1 saturated heterocycles. The third kappa shape index (κ3) is 1.96. The van der Waals surface area contributed by atoms with E-state index in [1.54, 1.807) is 26.1 Å². The fourth-order valence-electron chi connectivity index (χ4n) is 2.07. The molecule has 2 amide bonds. The maximum absolute atomic E-state index is 12.4. The first-order valence-electron chi connectivity index (χ1n) is 5.70. The van der Waals surface area contributed by atoms with Gasteiger partial charge in [0, 0.05) is 13.6 Å². The summed E-state index contributed by atoms with van der Waals surface area (Å²) in [6.07, 6.45) is 0. The van der Waals surface area contributed by atoms with Crippen LogP contribution in [0.25, 0.3) is 0 Å². The lowest BCUT2D eigenvalue weighted by atomic mass is 10.2. The molecule has 0 aromatic heterocycles. The van der Waals surface area contributed by atoms with Crippen molar-refractivity contribution >= 4 is 16.1 Å². The number of rotatable bonds is 2. The van der Waals surface area contributed by atoms with E-state index in [1.807, 2.05) is 6.92 Å². The lowest BCUT2D eigenvalue weighted by Crippen LogP contribution is -2.38. The van der Waals surface area contributed by atoms with Gasteiger partial charge in [-0.1, -0.05) is 17.7 Å². The van der Waals surface area contributed by atoms with Crippen molar-refractivity contribution in [2.75, 3.05) is 13.6 Å². The van der Waals surface area contributed by atoms with Crippen molar-refractivity contribution in [2.45, 2.75) is 24.8 Å². The summed E-state index contributed by atoms with van der Waals surface area (Å²) in [5.74, 6) is 0. The number of urea groups is 1. The number of hydrogen-bond acceptors (Lipinski definition) is 3. The second kappa shape index (κ2) is 4.28. The van der Waals surface area contributed by atoms with E-state index < -0.39 is 16.1 Å². The SMILES string of the molecule is Cc1ccc(S(=O)(=O)N2C(=O)N(C)C[C@H]2C)cc1. The quantitative estimate of drug-likeness (QED) is 0.815. The largest absolute Gasteiger partial charge is 0.334 e. The fourth-order valence-corrected chi connectivity index (χ4v) is 3.66. The van der Waals surface area contributed by atoms with Crippen LogP contribution < -0.4 is 0 Å². The van der Waals surface area contributed by atoms with E-state index in [1.165, 1.54) is 17.0 Å². The predicted octanol–water partition coefficient (Wildman–Crippen LogP) is 1.44. The molecule has 1 aromatic carbocycles. The Kier molecular flexibility index (Phi) is 3.06. The van der Waals surface area contributed by atoms with Gasteiger partial charge in [0.1, 0.15) is 0 Å². The summed E-state index contributed by atoms with van der Waals surface area (Å²) in [4.78, 5) is 13.4. The van der Waals surface area contributed by atoms with Gasteiger partial charge in [-0.05, 0) is 26.0 Å². The summed E-state index contributed by atoms with van der Waals surface area (Å²) < 4.78 is 25.7. The van der Waals surface area contributed by atoms with Crippen LogP contribution in [0.1, 0.15) is 12.5 Å². The van der Waals surface area contributed by atoms with Gasteiger partial charge in [0.25, 0.3) is 10.0 Å². The van der Waals surface area contributed by atoms with Gasteiger partial charge in [-0.25, -0.2) is 17.5 Å². The number of carbonyl (C=O) groups excluding carboxylic acids is 1. The minimum Gasteiger partial charge on any atom is -0.325 e. The van der Waals surface area contributed by atoms with Crippen molar-refractivity contribution < 1.29 is 13.2 Å². The van der Waals surface area contributed by atoms with Crippen LogP contribution in [0.3, 0.4) is 0 Å². The molecule has 18 heavy (non-hydrogen) atoms. The molecule has 1 aromatic rings. The van der Waals surface area contributed by atoms with Gasteiger partial charge in [0.15, 0.2) is 0 Å². The van der Waals surface area contributed by atoms with E-state index in [9.17, 15) is 13.2 Å². The monoisotopic (exact) mass is 268 g/mol. The Bertz CT molecular complexity index is 565. The molecule has 1 aliphatic heterocycles. The molecule has 1 fully saturated rings. The Morgan fingerprint density at radius 3 is 2.22 bits per heavy atom. The van der Waals surface area contributed by atoms with Crippen LogP contribution in [0.4, 0.5) is 4.79 Å². The van der Waals surface area contributed by atoms with Crippen molar-refractivity contribution in [3.63, 3.8) is 0 Å². The molecule has 5 nitrogen and oxygen atoms in total. The van der Waals surface area contributed by atoms with Crippen molar-refractivity contribution in [1.82, 2.24) is 9.21 Å². The molecule has 1 heterocycles. The first-order chi connectivity index (χ1) is 8.34. The smallest absolute Gasteiger partial charge is 0.325 e. The molecule has 0 spiro atoms. The maximum Gasteiger partial charge on any atom is 0.334 e. The van der Waals surface area contributed by atoms with Gasteiger partial charge < -0.3 is 4.90 Å². The van der Waals surface area contributed by atoms with E-state index in [0.717, 1.165) is 9.87 Å². The van der Waals surface area contributed by atoms with Crippen molar-refractivity contribution in [2.24, 2.45) is 0 Å². The third-order valence-electron chi connectivity index (χ3n) is 3.03. The molecule has 0 radical (unpaired) electrons. The number of aryl methyl sites for hydroxylation is 1. The van der Waals surface area contributed by atoms with Gasteiger partial charge in [-0.15, -0.1) is 0 Å². The molecule has 0 unspecified atom stereocenters. The van der Waals surface area contributed by atoms with Gasteiger partial charge in [0.05, 0.1) is 10.9 Å². The number of carbonyl (C=O) groups is 1. The molecule has 0 saturated carbocycles. The normalized spacial score (nSPS) is 20.6. The second-order valence-electron chi connectivity index (χ2n) is 4.63. The number of nitrogens with zero attached hydrogens (tertiary/aromatic N) is 2. The molecule has 0 N–H and O–H groups in total. The van der Waals surface area contributed by atoms with Crippen LogP contribution in [0.2, 0.25) is 0 Å². The summed E-state index contributed by atoms with van der Waals surface area (Å²) in [5.41, 5.74) is 0.979. The highest BCUT2D eigenvalue weighted by Crippen LogP contribution is 2.24. The average Bonchev–Trinajstić information content (AvgIpc) is 2.54. The van der Waals surface area contributed by atoms with Crippen LogP contribution in [0.5, 0.6) is 0 Å². The first kappa shape index (κ1) is 12.9. The molecule has 98 valence electrons. The highest BCUT2D eigenvalue weighted by Gasteiger charge is 2.41. The van der Waals surface area contributed by atoms with Gasteiger partial charge in [-0.2, -0.15) is 0 Å². The Hall–Kier alpha value is -1.56. The van der Waals surface area contributed by atoms with Crippen molar-refractivity contribution in [1.29, 1.82) is 0 Å². The molecule has 2 rings (SSSR count). The van der Waals surface area contributed by atoms with Gasteiger partial charge in [0.2, 0.25) is 0 Å². The fraction of sp³-hybridized carbons (Fsp3) is 0.417. The van der Waals surface area contributed by atoms with Crippen molar-refractivity contribution in [3.8, 4) is 0 Å². The van der Waals surface area contributed by atoms with E-state index in [0.29, 0.717) is 6.54 Å². The average molecular weight is 268 g/mol. The Morgan fingerprint density at radius 2 is 1.78 bits per heavy atom. The van der Waals surface area contributed by atoms with E-state index in [2.05, 4.69) is 0 Å². The second-order valence-corrected chi connectivity index (χ2v) is 6.44. The molecule has 1 aliphatic rings. The molecule has 6 heteroatoms. The summed E-state index contributed by atoms with van der Waals surface area (Å²) in [5, 5.41) is 0. The number of amides is 2. The third-order valence-corrected chi connectivity index (χ3v) is 4.93. The Labute approximate surface area is 107 Å². The minimum absolute atomic E-state index is 0.156. The highest BCUT2D eigenvalue weighted by molar-refractivity contribution is 7.89.